The first-order chi connectivity index (χ1) is 7.09. The maximum Gasteiger partial charge on any atom is 0.289 e. The van der Waals surface area contributed by atoms with Crippen LogP contribution in [0.25, 0.3) is 0 Å². The standard InChI is InChI=1S/C9H9F2NO2S/c10-9(11)15-7-4-2-1-3-6(7)12-5-8(13)14/h1-4,9,12H,5H2,(H,13,14). The highest BCUT2D eigenvalue weighted by molar-refractivity contribution is 7.99. The maximum absolute atomic E-state index is 12.1. The second-order valence-corrected chi connectivity index (χ2v) is 3.73. The monoisotopic (exact) mass is 233 g/mol. The number of carboxylic acids is 1. The number of carboxylic acid groups (broad SMARTS) is 1. The van der Waals surface area contributed by atoms with E-state index in [1.807, 2.05) is 0 Å². The Balaban J connectivity index is 2.72. The molecule has 0 heterocycles. The lowest BCUT2D eigenvalue weighted by Gasteiger charge is -2.06. The first-order valence-corrected chi connectivity index (χ1v) is 5.04. The van der Waals surface area contributed by atoms with E-state index < -0.39 is 11.7 Å². The van der Waals surface area contributed by atoms with Crippen molar-refractivity contribution in [2.45, 2.75) is 10.7 Å². The Kier molecular flexibility index (Phi) is 4.51. The van der Waals surface area contributed by atoms with Gasteiger partial charge < -0.3 is 15.2 Å². The summed E-state index contributed by atoms with van der Waals surface area (Å²) in [4.78, 5) is 10.6. The highest BCUT2D eigenvalue weighted by Gasteiger charge is 2.11. The van der Waals surface area contributed by atoms with E-state index in [0.29, 0.717) is 22.3 Å². The van der Waals surface area contributed by atoms with Crippen LogP contribution in [0.15, 0.2) is 29.2 Å². The van der Waals surface area contributed by atoms with Crippen LogP contribution in [0, 0.1) is 0 Å². The van der Waals surface area contributed by atoms with Crippen LogP contribution >= 0.6 is 11.8 Å². The Labute approximate surface area is 89.5 Å². The molecule has 0 unspecified atom stereocenters. The highest BCUT2D eigenvalue weighted by Crippen LogP contribution is 2.28. The highest BCUT2D eigenvalue weighted by atomic mass is 32.2. The van der Waals surface area contributed by atoms with Gasteiger partial charge in [-0.25, -0.2) is 0 Å². The van der Waals surface area contributed by atoms with Crippen molar-refractivity contribution in [3.8, 4) is 0 Å². The molecule has 0 aromatic heterocycles. The number of carbonyl (C=O) groups excluding carboxylic acids is 1. The quantitative estimate of drug-likeness (QED) is 0.573. The smallest absolute Gasteiger partial charge is 0.289 e. The topological polar surface area (TPSA) is 56.7 Å². The molecule has 0 spiro atoms. The molecular weight excluding hydrogens is 224 g/mol. The van der Waals surface area contributed by atoms with Gasteiger partial charge in [0.1, 0.15) is 12.2 Å². The second kappa shape index (κ2) is 5.67. The molecule has 0 bridgehead atoms. The van der Waals surface area contributed by atoms with E-state index >= 15 is 0 Å². The van der Waals surface area contributed by atoms with Crippen LogP contribution < -0.4 is 10.4 Å². The van der Waals surface area contributed by atoms with Gasteiger partial charge in [-0.3, -0.25) is 0 Å². The lowest BCUT2D eigenvalue weighted by atomic mass is 10.3. The van der Waals surface area contributed by atoms with Crippen molar-refractivity contribution in [1.82, 2.24) is 0 Å². The molecule has 0 fully saturated rings. The fourth-order valence-corrected chi connectivity index (χ4v) is 1.68. The third-order valence-corrected chi connectivity index (χ3v) is 2.43. The number of hydrogen-bond donors (Lipinski definition) is 1. The van der Waals surface area contributed by atoms with Gasteiger partial charge in [0, 0.05) is 6.07 Å². The van der Waals surface area contributed by atoms with Crippen molar-refractivity contribution in [1.29, 1.82) is 0 Å². The second-order valence-electron chi connectivity index (χ2n) is 2.70. The number of rotatable bonds is 5. The Hall–Kier alpha value is -1.14. The average molecular weight is 233 g/mol. The fourth-order valence-electron chi connectivity index (χ4n) is 1.05. The Morgan fingerprint density at radius 2 is 2.13 bits per heavy atom. The van der Waals surface area contributed by atoms with Crippen molar-refractivity contribution in [2.75, 3.05) is 6.54 Å². The van der Waals surface area contributed by atoms with Gasteiger partial charge in [-0.2, -0.15) is 8.78 Å². The minimum atomic E-state index is -2.51. The third-order valence-electron chi connectivity index (χ3n) is 1.62. The molecule has 82 valence electrons. The molecule has 3 nitrogen and oxygen atoms in total. The number of thioether (sulfide) groups is 1. The minimum absolute atomic E-state index is 0.277. The Morgan fingerprint density at radius 3 is 2.73 bits per heavy atom. The van der Waals surface area contributed by atoms with Crippen LogP contribution in [-0.2, 0) is 4.79 Å². The van der Waals surface area contributed by atoms with E-state index in [9.17, 15) is 18.7 Å². The van der Waals surface area contributed by atoms with Gasteiger partial charge >= 0.3 is 0 Å². The van der Waals surface area contributed by atoms with Crippen molar-refractivity contribution in [2.24, 2.45) is 0 Å². The summed E-state index contributed by atoms with van der Waals surface area (Å²) in [6.07, 6.45) is 0. The molecule has 0 saturated carbocycles. The van der Waals surface area contributed by atoms with E-state index in [1.54, 1.807) is 18.2 Å². The van der Waals surface area contributed by atoms with Crippen molar-refractivity contribution in [3.63, 3.8) is 0 Å². The van der Waals surface area contributed by atoms with Crippen LogP contribution in [0.3, 0.4) is 0 Å². The molecule has 0 amide bonds. The summed E-state index contributed by atoms with van der Waals surface area (Å²) in [6.45, 7) is -0.277. The lowest BCUT2D eigenvalue weighted by Crippen LogP contribution is -2.81. The molecule has 6 heteroatoms. The first kappa shape index (κ1) is 11.9. The van der Waals surface area contributed by atoms with Crippen LogP contribution in [-0.4, -0.2) is 18.3 Å². The zero-order chi connectivity index (χ0) is 11.3. The summed E-state index contributed by atoms with van der Waals surface area (Å²) in [5.74, 6) is -3.74. The maximum atomic E-state index is 12.1. The number of alkyl halides is 2. The zero-order valence-electron chi connectivity index (χ0n) is 7.65. The van der Waals surface area contributed by atoms with E-state index in [-0.39, 0.29) is 6.54 Å². The van der Waals surface area contributed by atoms with E-state index in [2.05, 4.69) is 0 Å². The number of aliphatic carboxylic acids is 1. The number of quaternary nitrogens is 1. The van der Waals surface area contributed by atoms with Gasteiger partial charge in [-0.1, -0.05) is 12.1 Å². The van der Waals surface area contributed by atoms with Gasteiger partial charge in [0.2, 0.25) is 0 Å². The number of halogens is 2. The Morgan fingerprint density at radius 1 is 1.47 bits per heavy atom. The third kappa shape index (κ3) is 4.26. The molecule has 0 atom stereocenters. The number of nitrogens with two attached hydrogens (primary N) is 1. The first-order valence-electron chi connectivity index (χ1n) is 4.16. The largest absolute Gasteiger partial charge is 0.544 e. The number of para-hydroxylation sites is 1. The van der Waals surface area contributed by atoms with Gasteiger partial charge in [0.25, 0.3) is 5.76 Å². The zero-order valence-corrected chi connectivity index (χ0v) is 8.47. The predicted molar refractivity (Wildman–Crippen MR) is 49.8 cm³/mol. The molecule has 0 radical (unpaired) electrons. The molecule has 1 aromatic rings. The molecule has 2 N–H and O–H groups in total. The molecule has 0 aliphatic rings. The van der Waals surface area contributed by atoms with Gasteiger partial charge in [-0.05, 0) is 17.8 Å². The summed E-state index contributed by atoms with van der Waals surface area (Å²) < 4.78 is 24.2. The summed E-state index contributed by atoms with van der Waals surface area (Å²) in [7, 11) is 0. The van der Waals surface area contributed by atoms with Gasteiger partial charge in [-0.15, -0.1) is 0 Å². The number of carbonyl (C=O) groups is 1. The van der Waals surface area contributed by atoms with E-state index in [1.165, 1.54) is 11.4 Å². The van der Waals surface area contributed by atoms with Crippen molar-refractivity contribution < 1.29 is 24.0 Å². The van der Waals surface area contributed by atoms with Crippen LogP contribution in [0.4, 0.5) is 14.5 Å². The van der Waals surface area contributed by atoms with Crippen molar-refractivity contribution >= 4 is 23.4 Å². The fraction of sp³-hybridized carbons (Fsp3) is 0.222. The van der Waals surface area contributed by atoms with Crippen molar-refractivity contribution in [3.05, 3.63) is 24.3 Å². The number of benzene rings is 1. The van der Waals surface area contributed by atoms with Gasteiger partial charge in [0.05, 0.1) is 10.9 Å². The Bertz CT molecular complexity index is 347. The minimum Gasteiger partial charge on any atom is -0.544 e. The SMILES string of the molecule is O=C([O-])C[NH2+]c1ccccc1SC(F)F. The molecule has 1 aromatic carbocycles. The summed E-state index contributed by atoms with van der Waals surface area (Å²) in [5.41, 5.74) is 0.493. The van der Waals surface area contributed by atoms with Crippen LogP contribution in [0.5, 0.6) is 0 Å². The van der Waals surface area contributed by atoms with E-state index in [0.717, 1.165) is 0 Å². The number of hydrogen-bond acceptors (Lipinski definition) is 3. The van der Waals surface area contributed by atoms with Crippen LogP contribution in [0.1, 0.15) is 0 Å². The molecule has 15 heavy (non-hydrogen) atoms. The molecule has 0 aliphatic heterocycles. The predicted octanol–water partition coefficient (Wildman–Crippen LogP) is -0.0539. The lowest BCUT2D eigenvalue weighted by molar-refractivity contribution is -0.571. The normalized spacial score (nSPS) is 10.6. The van der Waals surface area contributed by atoms with E-state index in [4.69, 9.17) is 0 Å². The molecule has 1 rings (SSSR count). The summed E-state index contributed by atoms with van der Waals surface area (Å²) in [5, 5.41) is 11.6. The summed E-state index contributed by atoms with van der Waals surface area (Å²) in [6, 6.07) is 6.41. The van der Waals surface area contributed by atoms with Crippen LogP contribution in [0.2, 0.25) is 0 Å². The van der Waals surface area contributed by atoms with Gasteiger partial charge in [0.15, 0.2) is 0 Å². The molecule has 0 aliphatic carbocycles. The average Bonchev–Trinajstić information content (AvgIpc) is 2.15. The molecular formula is C9H9F2NO2S. The summed E-state index contributed by atoms with van der Waals surface area (Å²) >= 11 is 0.399. The molecule has 0 saturated heterocycles.